The van der Waals surface area contributed by atoms with Crippen LogP contribution in [0.25, 0.3) is 0 Å². The maximum atomic E-state index is 13.7. The van der Waals surface area contributed by atoms with Gasteiger partial charge in [0, 0.05) is 0 Å². The molecule has 2 aromatic carbocycles. The van der Waals surface area contributed by atoms with Gasteiger partial charge >= 0.3 is 5.97 Å². The summed E-state index contributed by atoms with van der Waals surface area (Å²) in [5.41, 5.74) is 1.97. The van der Waals surface area contributed by atoms with E-state index in [9.17, 15) is 22.8 Å². The number of methoxy groups -OCH3 is 1. The van der Waals surface area contributed by atoms with Gasteiger partial charge in [-0.1, -0.05) is 29.8 Å². The van der Waals surface area contributed by atoms with E-state index in [1.165, 1.54) is 11.9 Å². The van der Waals surface area contributed by atoms with Crippen LogP contribution in [-0.2, 0) is 14.3 Å². The van der Waals surface area contributed by atoms with Gasteiger partial charge in [0.05, 0.1) is 19.7 Å². The van der Waals surface area contributed by atoms with Crippen molar-refractivity contribution >= 4 is 11.9 Å². The average Bonchev–Trinajstić information content (AvgIpc) is 3.56. The lowest BCUT2D eigenvalue weighted by Crippen LogP contribution is -2.41. The highest BCUT2D eigenvalue weighted by molar-refractivity contribution is 5.81. The van der Waals surface area contributed by atoms with Gasteiger partial charge in [-0.25, -0.2) is 18.0 Å². The first kappa shape index (κ1) is 22.8. The second-order valence-electron chi connectivity index (χ2n) is 7.93. The SMILES string of the molecule is COC(=O)C(c1cc(F)c(F)c(F)c1)N(C)CC(=O)NC(c1ccc(C)cc1)C1CC1. The number of nitrogens with one attached hydrogen (secondary N) is 1. The summed E-state index contributed by atoms with van der Waals surface area (Å²) < 4.78 is 45.5. The number of esters is 1. The number of likely N-dealkylation sites (N-methyl/N-ethyl adjacent to an activating group) is 1. The molecule has 1 saturated carbocycles. The standard InChI is InChI=1S/C23H25F3N2O3/c1-13-4-6-14(7-5-13)21(15-8-9-15)27-19(29)12-28(2)22(23(30)31-3)16-10-17(24)20(26)18(25)11-16/h4-7,10-11,15,21-22H,8-9,12H2,1-3H3,(H,27,29). The number of amides is 1. The number of nitrogens with zero attached hydrogens (tertiary/aromatic N) is 1. The predicted molar refractivity (Wildman–Crippen MR) is 108 cm³/mol. The van der Waals surface area contributed by atoms with E-state index in [1.807, 2.05) is 31.2 Å². The van der Waals surface area contributed by atoms with Crippen LogP contribution in [0, 0.1) is 30.3 Å². The van der Waals surface area contributed by atoms with Gasteiger partial charge in [0.2, 0.25) is 5.91 Å². The number of hydrogen-bond acceptors (Lipinski definition) is 4. The highest BCUT2D eigenvalue weighted by atomic mass is 19.2. The second kappa shape index (κ2) is 9.51. The second-order valence-corrected chi connectivity index (χ2v) is 7.93. The van der Waals surface area contributed by atoms with Crippen LogP contribution in [0.4, 0.5) is 13.2 Å². The van der Waals surface area contributed by atoms with E-state index in [4.69, 9.17) is 4.74 Å². The first-order chi connectivity index (χ1) is 14.7. The summed E-state index contributed by atoms with van der Waals surface area (Å²) in [7, 11) is 2.58. The molecule has 2 atom stereocenters. The van der Waals surface area contributed by atoms with Crippen molar-refractivity contribution in [3.63, 3.8) is 0 Å². The molecular formula is C23H25F3N2O3. The number of carbonyl (C=O) groups is 2. The van der Waals surface area contributed by atoms with Crippen molar-refractivity contribution in [1.82, 2.24) is 10.2 Å². The zero-order valence-corrected chi connectivity index (χ0v) is 17.6. The van der Waals surface area contributed by atoms with Gasteiger partial charge in [0.1, 0.15) is 6.04 Å². The van der Waals surface area contributed by atoms with E-state index < -0.39 is 29.5 Å². The van der Waals surface area contributed by atoms with Crippen LogP contribution in [-0.4, -0.2) is 37.5 Å². The summed E-state index contributed by atoms with van der Waals surface area (Å²) >= 11 is 0. The first-order valence-electron chi connectivity index (χ1n) is 9.99. The zero-order valence-electron chi connectivity index (χ0n) is 17.6. The Labute approximate surface area is 179 Å². The minimum atomic E-state index is -1.63. The van der Waals surface area contributed by atoms with Gasteiger partial charge in [0.15, 0.2) is 17.5 Å². The number of rotatable bonds is 8. The first-order valence-corrected chi connectivity index (χ1v) is 9.99. The molecule has 0 aliphatic heterocycles. The molecule has 1 fully saturated rings. The minimum absolute atomic E-state index is 0.143. The lowest BCUT2D eigenvalue weighted by molar-refractivity contribution is -0.147. The molecule has 8 heteroatoms. The molecule has 1 aliphatic carbocycles. The van der Waals surface area contributed by atoms with E-state index >= 15 is 0 Å². The molecule has 0 heterocycles. The fourth-order valence-corrected chi connectivity index (χ4v) is 3.63. The van der Waals surface area contributed by atoms with Gasteiger partial charge in [-0.05, 0) is 56.0 Å². The van der Waals surface area contributed by atoms with Gasteiger partial charge in [-0.3, -0.25) is 9.69 Å². The Bertz CT molecular complexity index is 938. The van der Waals surface area contributed by atoms with Crippen LogP contribution in [0.15, 0.2) is 36.4 Å². The molecule has 1 N–H and O–H groups in total. The molecule has 1 amide bonds. The highest BCUT2D eigenvalue weighted by Crippen LogP contribution is 2.41. The average molecular weight is 434 g/mol. The van der Waals surface area contributed by atoms with E-state index in [2.05, 4.69) is 5.32 Å². The molecule has 1 aliphatic rings. The molecule has 2 aromatic rings. The molecule has 0 aromatic heterocycles. The van der Waals surface area contributed by atoms with Crippen LogP contribution in [0.3, 0.4) is 0 Å². The Hall–Kier alpha value is -2.87. The summed E-state index contributed by atoms with van der Waals surface area (Å²) in [6.07, 6.45) is 2.02. The van der Waals surface area contributed by atoms with Crippen LogP contribution < -0.4 is 5.32 Å². The number of halogens is 3. The van der Waals surface area contributed by atoms with E-state index in [-0.39, 0.29) is 24.1 Å². The molecule has 0 bridgehead atoms. The molecule has 2 unspecified atom stereocenters. The minimum Gasteiger partial charge on any atom is -0.468 e. The topological polar surface area (TPSA) is 58.6 Å². The fourth-order valence-electron chi connectivity index (χ4n) is 3.63. The van der Waals surface area contributed by atoms with Gasteiger partial charge in [-0.15, -0.1) is 0 Å². The van der Waals surface area contributed by atoms with Gasteiger partial charge in [-0.2, -0.15) is 0 Å². The molecule has 0 spiro atoms. The molecule has 31 heavy (non-hydrogen) atoms. The molecule has 5 nitrogen and oxygen atoms in total. The molecular weight excluding hydrogens is 409 g/mol. The summed E-state index contributed by atoms with van der Waals surface area (Å²) in [6, 6.07) is 7.94. The van der Waals surface area contributed by atoms with Crippen molar-refractivity contribution in [1.29, 1.82) is 0 Å². The van der Waals surface area contributed by atoms with Crippen LogP contribution in [0.5, 0.6) is 0 Å². The Kier molecular flexibility index (Phi) is 7.00. The lowest BCUT2D eigenvalue weighted by Gasteiger charge is -2.27. The van der Waals surface area contributed by atoms with E-state index in [0.717, 1.165) is 43.2 Å². The third kappa shape index (κ3) is 5.44. The normalized spacial score (nSPS) is 15.5. The molecule has 166 valence electrons. The maximum absolute atomic E-state index is 13.7. The van der Waals surface area contributed by atoms with Crippen molar-refractivity contribution < 1.29 is 27.5 Å². The van der Waals surface area contributed by atoms with Gasteiger partial charge < -0.3 is 10.1 Å². The largest absolute Gasteiger partial charge is 0.468 e. The predicted octanol–water partition coefficient (Wildman–Crippen LogP) is 3.83. The summed E-state index contributed by atoms with van der Waals surface area (Å²) in [4.78, 5) is 26.4. The number of benzene rings is 2. The fraction of sp³-hybridized carbons (Fsp3) is 0.391. The summed E-state index contributed by atoms with van der Waals surface area (Å²) in [5.74, 6) is -5.30. The van der Waals surface area contributed by atoms with Crippen LogP contribution >= 0.6 is 0 Å². The zero-order chi connectivity index (χ0) is 22.7. The van der Waals surface area contributed by atoms with Crippen molar-refractivity contribution in [2.45, 2.75) is 31.8 Å². The molecule has 3 rings (SSSR count). The monoisotopic (exact) mass is 434 g/mol. The smallest absolute Gasteiger partial charge is 0.327 e. The van der Waals surface area contributed by atoms with Crippen molar-refractivity contribution in [3.8, 4) is 0 Å². The van der Waals surface area contributed by atoms with E-state index in [0.29, 0.717) is 5.92 Å². The Morgan fingerprint density at radius 2 is 1.68 bits per heavy atom. The molecule has 0 saturated heterocycles. The highest BCUT2D eigenvalue weighted by Gasteiger charge is 2.35. The number of aryl methyl sites for hydroxylation is 1. The van der Waals surface area contributed by atoms with E-state index in [1.54, 1.807) is 0 Å². The number of carbonyl (C=O) groups excluding carboxylic acids is 2. The summed E-state index contributed by atoms with van der Waals surface area (Å²) in [5, 5.41) is 3.00. The quantitative estimate of drug-likeness (QED) is 0.507. The number of hydrogen-bond donors (Lipinski definition) is 1. The third-order valence-electron chi connectivity index (χ3n) is 5.43. The summed E-state index contributed by atoms with van der Waals surface area (Å²) in [6.45, 7) is 1.76. The van der Waals surface area contributed by atoms with Crippen molar-refractivity contribution in [2.75, 3.05) is 20.7 Å². The van der Waals surface area contributed by atoms with Crippen molar-refractivity contribution in [2.24, 2.45) is 5.92 Å². The van der Waals surface area contributed by atoms with Gasteiger partial charge in [0.25, 0.3) is 0 Å². The van der Waals surface area contributed by atoms with Crippen LogP contribution in [0.2, 0.25) is 0 Å². The Morgan fingerprint density at radius 1 is 1.10 bits per heavy atom. The number of ether oxygens (including phenoxy) is 1. The lowest BCUT2D eigenvalue weighted by atomic mass is 10.0. The van der Waals surface area contributed by atoms with Crippen LogP contribution in [0.1, 0.15) is 41.6 Å². The third-order valence-corrected chi connectivity index (χ3v) is 5.43. The Balaban J connectivity index is 1.76. The molecule has 0 radical (unpaired) electrons. The maximum Gasteiger partial charge on any atom is 0.327 e. The van der Waals surface area contributed by atoms with Crippen molar-refractivity contribution in [3.05, 3.63) is 70.5 Å². The Morgan fingerprint density at radius 3 is 2.19 bits per heavy atom.